The van der Waals surface area contributed by atoms with Gasteiger partial charge in [-0.2, -0.15) is 0 Å². The normalized spacial score (nSPS) is 13.6. The summed E-state index contributed by atoms with van der Waals surface area (Å²) >= 11 is 0. The first-order chi connectivity index (χ1) is 16.1. The standard InChI is InChI=1S/C27H30N2O5/c1-16-20(18-8-6-17(7-9-18)15-28-26(32)34-27(2,3)4)12-13-29-23(16)21(19-10-11-19)14-22(24(29)30)25(31)33-5/h6-9,12-14,19H,10-11,15H2,1-5H3,(H,28,32). The zero-order valence-corrected chi connectivity index (χ0v) is 20.2. The molecule has 4 rings (SSSR count). The maximum absolute atomic E-state index is 13.0. The van der Waals surface area contributed by atoms with Crippen LogP contribution < -0.4 is 10.9 Å². The number of methoxy groups -OCH3 is 1. The highest BCUT2D eigenvalue weighted by atomic mass is 16.6. The second-order valence-electron chi connectivity index (χ2n) is 9.71. The predicted molar refractivity (Wildman–Crippen MR) is 130 cm³/mol. The zero-order valence-electron chi connectivity index (χ0n) is 20.2. The van der Waals surface area contributed by atoms with Gasteiger partial charge in [0.05, 0.1) is 12.6 Å². The van der Waals surface area contributed by atoms with Crippen LogP contribution in [0.4, 0.5) is 4.79 Å². The average Bonchev–Trinajstić information content (AvgIpc) is 3.62. The van der Waals surface area contributed by atoms with Gasteiger partial charge in [0.25, 0.3) is 5.56 Å². The minimum atomic E-state index is -0.612. The summed E-state index contributed by atoms with van der Waals surface area (Å²) in [7, 11) is 1.29. The maximum Gasteiger partial charge on any atom is 0.407 e. The molecule has 178 valence electrons. The Kier molecular flexibility index (Phi) is 6.21. The highest BCUT2D eigenvalue weighted by Crippen LogP contribution is 2.43. The lowest BCUT2D eigenvalue weighted by Gasteiger charge is -2.19. The summed E-state index contributed by atoms with van der Waals surface area (Å²) in [6, 6.07) is 11.5. The number of pyridine rings is 2. The number of aromatic nitrogens is 1. The minimum absolute atomic E-state index is 0.0656. The Balaban J connectivity index is 1.66. The molecule has 1 amide bonds. The molecule has 0 bridgehead atoms. The average molecular weight is 463 g/mol. The molecular formula is C27H30N2O5. The molecule has 1 aliphatic rings. The Bertz CT molecular complexity index is 1310. The number of alkyl carbamates (subject to hydrolysis) is 1. The van der Waals surface area contributed by atoms with Crippen molar-refractivity contribution in [1.82, 2.24) is 9.72 Å². The SMILES string of the molecule is COC(=O)c1cc(C2CC2)c2c(C)c(-c3ccc(CNC(=O)OC(C)(C)C)cc3)ccn2c1=O. The van der Waals surface area contributed by atoms with Gasteiger partial charge < -0.3 is 14.8 Å². The van der Waals surface area contributed by atoms with Crippen LogP contribution >= 0.6 is 0 Å². The van der Waals surface area contributed by atoms with Gasteiger partial charge in [-0.05, 0) is 86.4 Å². The van der Waals surface area contributed by atoms with Gasteiger partial charge in [0, 0.05) is 12.7 Å². The van der Waals surface area contributed by atoms with Crippen molar-refractivity contribution >= 4 is 17.6 Å². The number of hydrogen-bond acceptors (Lipinski definition) is 5. The number of nitrogens with one attached hydrogen (secondary N) is 1. The molecule has 0 atom stereocenters. The third kappa shape index (κ3) is 4.83. The maximum atomic E-state index is 13.0. The van der Waals surface area contributed by atoms with Crippen LogP contribution in [0.3, 0.4) is 0 Å². The van der Waals surface area contributed by atoms with Gasteiger partial charge in [0.2, 0.25) is 0 Å². The molecule has 34 heavy (non-hydrogen) atoms. The summed E-state index contributed by atoms with van der Waals surface area (Å²) in [6.07, 6.45) is 3.36. The molecule has 0 unspecified atom stereocenters. The Morgan fingerprint density at radius 3 is 2.38 bits per heavy atom. The molecule has 2 heterocycles. The number of carbonyl (C=O) groups is 2. The summed E-state index contributed by atoms with van der Waals surface area (Å²) in [5.41, 5.74) is 4.97. The van der Waals surface area contributed by atoms with Crippen LogP contribution in [0, 0.1) is 6.92 Å². The Morgan fingerprint density at radius 1 is 1.12 bits per heavy atom. The van der Waals surface area contributed by atoms with E-state index in [0.29, 0.717) is 12.5 Å². The number of fused-ring (bicyclic) bond motifs is 1. The third-order valence-corrected chi connectivity index (χ3v) is 5.94. The zero-order chi connectivity index (χ0) is 24.6. The molecule has 1 fully saturated rings. The molecule has 1 aromatic carbocycles. The van der Waals surface area contributed by atoms with Crippen LogP contribution in [-0.4, -0.2) is 29.2 Å². The highest BCUT2D eigenvalue weighted by molar-refractivity contribution is 5.90. The van der Waals surface area contributed by atoms with E-state index in [4.69, 9.17) is 9.47 Å². The third-order valence-electron chi connectivity index (χ3n) is 5.94. The number of amides is 1. The number of ether oxygens (including phenoxy) is 2. The summed E-state index contributed by atoms with van der Waals surface area (Å²) < 4.78 is 11.7. The van der Waals surface area contributed by atoms with E-state index in [1.807, 2.05) is 58.0 Å². The Hall–Kier alpha value is -3.61. The van der Waals surface area contributed by atoms with Crippen molar-refractivity contribution in [3.05, 3.63) is 75.2 Å². The second kappa shape index (κ2) is 8.97. The molecule has 0 aliphatic heterocycles. The van der Waals surface area contributed by atoms with E-state index in [-0.39, 0.29) is 11.1 Å². The van der Waals surface area contributed by atoms with Gasteiger partial charge in [-0.25, -0.2) is 9.59 Å². The van der Waals surface area contributed by atoms with Crippen molar-refractivity contribution < 1.29 is 19.1 Å². The van der Waals surface area contributed by atoms with Crippen molar-refractivity contribution in [1.29, 1.82) is 0 Å². The van der Waals surface area contributed by atoms with Crippen LogP contribution in [0.5, 0.6) is 0 Å². The quantitative estimate of drug-likeness (QED) is 0.542. The molecule has 0 spiro atoms. The largest absolute Gasteiger partial charge is 0.465 e. The predicted octanol–water partition coefficient (Wildman–Crippen LogP) is 4.96. The monoisotopic (exact) mass is 462 g/mol. The molecule has 1 aliphatic carbocycles. The van der Waals surface area contributed by atoms with Gasteiger partial charge in [0.1, 0.15) is 11.2 Å². The van der Waals surface area contributed by atoms with Crippen LogP contribution in [0.15, 0.2) is 47.4 Å². The van der Waals surface area contributed by atoms with Crippen molar-refractivity contribution in [2.75, 3.05) is 7.11 Å². The molecular weight excluding hydrogens is 432 g/mol. The van der Waals surface area contributed by atoms with Gasteiger partial charge in [0.15, 0.2) is 0 Å². The molecule has 1 saturated carbocycles. The lowest BCUT2D eigenvalue weighted by atomic mass is 9.96. The number of aryl methyl sites for hydroxylation is 1. The first-order valence-corrected chi connectivity index (χ1v) is 11.4. The van der Waals surface area contributed by atoms with E-state index in [1.54, 1.807) is 16.7 Å². The number of nitrogens with zero attached hydrogens (tertiary/aromatic N) is 1. The van der Waals surface area contributed by atoms with E-state index >= 15 is 0 Å². The number of rotatable bonds is 5. The first kappa shape index (κ1) is 23.5. The van der Waals surface area contributed by atoms with Gasteiger partial charge in [-0.3, -0.25) is 9.20 Å². The fourth-order valence-corrected chi connectivity index (χ4v) is 4.16. The minimum Gasteiger partial charge on any atom is -0.465 e. The van der Waals surface area contributed by atoms with E-state index in [1.165, 1.54) is 7.11 Å². The van der Waals surface area contributed by atoms with E-state index in [9.17, 15) is 14.4 Å². The molecule has 0 saturated heterocycles. The lowest BCUT2D eigenvalue weighted by molar-refractivity contribution is 0.0522. The van der Waals surface area contributed by atoms with Crippen LogP contribution in [0.1, 0.15) is 66.6 Å². The van der Waals surface area contributed by atoms with Crippen LogP contribution in [-0.2, 0) is 16.0 Å². The Morgan fingerprint density at radius 2 is 1.79 bits per heavy atom. The molecule has 7 nitrogen and oxygen atoms in total. The summed E-state index contributed by atoms with van der Waals surface area (Å²) in [5, 5.41) is 2.77. The summed E-state index contributed by atoms with van der Waals surface area (Å²) in [4.78, 5) is 37.1. The second-order valence-corrected chi connectivity index (χ2v) is 9.71. The van der Waals surface area contributed by atoms with Gasteiger partial charge in [-0.1, -0.05) is 24.3 Å². The van der Waals surface area contributed by atoms with Gasteiger partial charge >= 0.3 is 12.1 Å². The summed E-state index contributed by atoms with van der Waals surface area (Å²) in [5.74, 6) is -0.270. The lowest BCUT2D eigenvalue weighted by Crippen LogP contribution is -2.32. The molecule has 2 aromatic heterocycles. The van der Waals surface area contributed by atoms with Gasteiger partial charge in [-0.15, -0.1) is 0 Å². The molecule has 0 radical (unpaired) electrons. The number of esters is 1. The number of hydrogen-bond donors (Lipinski definition) is 1. The Labute approximate surface area is 198 Å². The molecule has 3 aromatic rings. The van der Waals surface area contributed by atoms with E-state index in [2.05, 4.69) is 5.32 Å². The number of benzene rings is 1. The fourth-order valence-electron chi connectivity index (χ4n) is 4.16. The fraction of sp³-hybridized carbons (Fsp3) is 0.370. The molecule has 7 heteroatoms. The summed E-state index contributed by atoms with van der Waals surface area (Å²) in [6.45, 7) is 7.85. The van der Waals surface area contributed by atoms with E-state index < -0.39 is 17.7 Å². The topological polar surface area (TPSA) is 86.1 Å². The van der Waals surface area contributed by atoms with Crippen molar-refractivity contribution in [2.24, 2.45) is 0 Å². The highest BCUT2D eigenvalue weighted by Gasteiger charge is 2.29. The van der Waals surface area contributed by atoms with Crippen LogP contribution in [0.25, 0.3) is 16.6 Å². The smallest absolute Gasteiger partial charge is 0.407 e. The van der Waals surface area contributed by atoms with Crippen molar-refractivity contribution in [3.63, 3.8) is 0 Å². The van der Waals surface area contributed by atoms with Crippen molar-refractivity contribution in [2.45, 2.75) is 58.6 Å². The van der Waals surface area contributed by atoms with Crippen LogP contribution in [0.2, 0.25) is 0 Å². The molecule has 1 N–H and O–H groups in total. The number of carbonyl (C=O) groups excluding carboxylic acids is 2. The first-order valence-electron chi connectivity index (χ1n) is 11.4. The van der Waals surface area contributed by atoms with Crippen molar-refractivity contribution in [3.8, 4) is 11.1 Å². The van der Waals surface area contributed by atoms with E-state index in [0.717, 1.165) is 46.2 Å².